The highest BCUT2D eigenvalue weighted by molar-refractivity contribution is 7.99. The average molecular weight is 527 g/mol. The number of methoxy groups -OCH3 is 2. The molecule has 1 fully saturated rings. The molecule has 4 rings (SSSR count). The molecule has 1 aliphatic rings. The highest BCUT2D eigenvalue weighted by Gasteiger charge is 2.34. The Balaban J connectivity index is 1.27. The van der Waals surface area contributed by atoms with Gasteiger partial charge in [0.15, 0.2) is 0 Å². The lowest BCUT2D eigenvalue weighted by Crippen LogP contribution is -2.44. The van der Waals surface area contributed by atoms with Crippen LogP contribution in [0, 0.1) is 11.8 Å². The van der Waals surface area contributed by atoms with Crippen LogP contribution in [0.1, 0.15) is 37.4 Å². The third kappa shape index (κ3) is 7.14. The highest BCUT2D eigenvalue weighted by Crippen LogP contribution is 2.35. The number of carbonyl (C=O) groups is 1. The summed E-state index contributed by atoms with van der Waals surface area (Å²) in [5.74, 6) is 1.21. The number of aromatic nitrogens is 1. The van der Waals surface area contributed by atoms with E-state index in [0.29, 0.717) is 30.7 Å². The highest BCUT2D eigenvalue weighted by atomic mass is 32.2. The van der Waals surface area contributed by atoms with E-state index in [1.54, 1.807) is 38.2 Å². The summed E-state index contributed by atoms with van der Waals surface area (Å²) in [7, 11) is 3.24. The van der Waals surface area contributed by atoms with E-state index in [-0.39, 0.29) is 5.92 Å². The molecule has 1 aromatic heterocycles. The van der Waals surface area contributed by atoms with Gasteiger partial charge in [-0.3, -0.25) is 9.78 Å². The lowest BCUT2D eigenvalue weighted by Gasteiger charge is -2.36. The summed E-state index contributed by atoms with van der Waals surface area (Å²) in [6, 6.07) is 15.2. The largest absolute Gasteiger partial charge is 0.497 e. The Labute approximate surface area is 222 Å². The molecule has 1 unspecified atom stereocenters. The van der Waals surface area contributed by atoms with Crippen LogP contribution in [0.2, 0.25) is 0 Å². The smallest absolute Gasteiger partial charge is 0.308 e. The van der Waals surface area contributed by atoms with Crippen LogP contribution in [0.3, 0.4) is 0 Å². The van der Waals surface area contributed by atoms with Crippen molar-refractivity contribution in [3.05, 3.63) is 60.3 Å². The summed E-state index contributed by atoms with van der Waals surface area (Å²) in [4.78, 5) is 19.9. The van der Waals surface area contributed by atoms with Crippen LogP contribution in [0.15, 0.2) is 59.6 Å². The summed E-state index contributed by atoms with van der Waals surface area (Å²) in [6.45, 7) is 2.25. The van der Waals surface area contributed by atoms with E-state index in [1.165, 1.54) is 4.90 Å². The molecule has 1 N–H and O–H groups in total. The van der Waals surface area contributed by atoms with Gasteiger partial charge in [0.2, 0.25) is 0 Å². The number of rotatable bonds is 12. The summed E-state index contributed by atoms with van der Waals surface area (Å²) in [6.07, 6.45) is 3.05. The van der Waals surface area contributed by atoms with Gasteiger partial charge in [-0.25, -0.2) is 4.39 Å². The number of piperidine rings is 1. The number of ether oxygens (including phenoxy) is 2. The van der Waals surface area contributed by atoms with E-state index < -0.39 is 18.1 Å². The molecule has 0 amide bonds. The molecule has 0 saturated carbocycles. The van der Waals surface area contributed by atoms with E-state index in [9.17, 15) is 9.90 Å². The van der Waals surface area contributed by atoms with Gasteiger partial charge < -0.3 is 19.5 Å². The Hall–Kier alpha value is -2.84. The molecule has 6 nitrogen and oxygen atoms in total. The maximum Gasteiger partial charge on any atom is 0.308 e. The zero-order valence-corrected chi connectivity index (χ0v) is 22.3. The number of carboxylic acid groups (broad SMARTS) is 1. The lowest BCUT2D eigenvalue weighted by molar-refractivity contribution is -0.146. The number of benzene rings is 2. The number of nitrogens with zero attached hydrogens (tertiary/aromatic N) is 2. The van der Waals surface area contributed by atoms with Crippen molar-refractivity contribution in [2.75, 3.05) is 39.6 Å². The minimum Gasteiger partial charge on any atom is -0.497 e. The third-order valence-electron chi connectivity index (χ3n) is 7.21. The number of likely N-dealkylation sites (tertiary alicyclic amines) is 1. The first-order chi connectivity index (χ1) is 18.0. The van der Waals surface area contributed by atoms with Gasteiger partial charge in [0.25, 0.3) is 0 Å². The third-order valence-corrected chi connectivity index (χ3v) is 8.31. The second-order valence-electron chi connectivity index (χ2n) is 9.50. The van der Waals surface area contributed by atoms with E-state index in [0.717, 1.165) is 48.3 Å². The standard InChI is InChI=1S/C29H35FN2O4S/c1-35-21-5-8-23(9-6-21)37-17-3-15-32-16-13-20(26(19-32)29(33)34)4-10-27(30)24-12-14-31-28-11-7-22(36-2)18-25(24)28/h5-9,11-12,14,18,20,26-27H,3-4,10,13,15-17,19H2,1-2H3,(H,33,34)/t20-,26+,27?/m1/s1. The van der Waals surface area contributed by atoms with Gasteiger partial charge in [-0.2, -0.15) is 0 Å². The van der Waals surface area contributed by atoms with Crippen molar-refractivity contribution in [3.8, 4) is 11.5 Å². The number of hydrogen-bond acceptors (Lipinski definition) is 6. The zero-order valence-electron chi connectivity index (χ0n) is 21.4. The molecule has 8 heteroatoms. The molecule has 2 aromatic carbocycles. The van der Waals surface area contributed by atoms with Gasteiger partial charge in [0.1, 0.15) is 17.7 Å². The predicted molar refractivity (Wildman–Crippen MR) is 145 cm³/mol. The molecular weight excluding hydrogens is 491 g/mol. The first-order valence-electron chi connectivity index (χ1n) is 12.8. The van der Waals surface area contributed by atoms with Crippen LogP contribution in [0.4, 0.5) is 4.39 Å². The number of fused-ring (bicyclic) bond motifs is 1. The van der Waals surface area contributed by atoms with Crippen molar-refractivity contribution in [1.82, 2.24) is 9.88 Å². The summed E-state index contributed by atoms with van der Waals surface area (Å²) in [5.41, 5.74) is 1.31. The second kappa shape index (κ2) is 13.1. The minimum absolute atomic E-state index is 0.0247. The lowest BCUT2D eigenvalue weighted by atomic mass is 9.81. The molecule has 1 aliphatic heterocycles. The first-order valence-corrected chi connectivity index (χ1v) is 13.8. The quantitative estimate of drug-likeness (QED) is 0.221. The fourth-order valence-electron chi connectivity index (χ4n) is 5.11. The average Bonchev–Trinajstić information content (AvgIpc) is 2.93. The number of hydrogen-bond donors (Lipinski definition) is 1. The van der Waals surface area contributed by atoms with Crippen LogP contribution >= 0.6 is 11.8 Å². The molecule has 0 bridgehead atoms. The van der Waals surface area contributed by atoms with Gasteiger partial charge in [0.05, 0.1) is 25.7 Å². The summed E-state index contributed by atoms with van der Waals surface area (Å²) < 4.78 is 25.9. The van der Waals surface area contributed by atoms with Crippen molar-refractivity contribution in [1.29, 1.82) is 0 Å². The van der Waals surface area contributed by atoms with Crippen LogP contribution < -0.4 is 9.47 Å². The summed E-state index contributed by atoms with van der Waals surface area (Å²) >= 11 is 1.80. The number of pyridine rings is 1. The summed E-state index contributed by atoms with van der Waals surface area (Å²) in [5, 5.41) is 10.7. The molecule has 37 heavy (non-hydrogen) atoms. The van der Waals surface area contributed by atoms with Crippen molar-refractivity contribution in [2.45, 2.75) is 36.8 Å². The van der Waals surface area contributed by atoms with Crippen molar-refractivity contribution < 1.29 is 23.8 Å². The number of carboxylic acids is 1. The maximum atomic E-state index is 15.4. The van der Waals surface area contributed by atoms with Crippen LogP contribution in [0.25, 0.3) is 10.9 Å². The number of halogens is 1. The van der Waals surface area contributed by atoms with E-state index in [1.807, 2.05) is 30.3 Å². The van der Waals surface area contributed by atoms with Crippen LogP contribution in [0.5, 0.6) is 11.5 Å². The Morgan fingerprint density at radius 2 is 1.92 bits per heavy atom. The van der Waals surface area contributed by atoms with Gasteiger partial charge in [-0.1, -0.05) is 0 Å². The zero-order chi connectivity index (χ0) is 26.2. The van der Waals surface area contributed by atoms with Crippen molar-refractivity contribution >= 4 is 28.6 Å². The van der Waals surface area contributed by atoms with Gasteiger partial charge >= 0.3 is 5.97 Å². The maximum absolute atomic E-state index is 15.4. The first kappa shape index (κ1) is 27.2. The monoisotopic (exact) mass is 526 g/mol. The van der Waals surface area contributed by atoms with E-state index >= 15 is 4.39 Å². The minimum atomic E-state index is -1.18. The molecule has 0 spiro atoms. The van der Waals surface area contributed by atoms with E-state index in [4.69, 9.17) is 9.47 Å². The fourth-order valence-corrected chi connectivity index (χ4v) is 5.95. The Morgan fingerprint density at radius 3 is 2.65 bits per heavy atom. The molecule has 198 valence electrons. The molecule has 2 heterocycles. The number of thioether (sulfide) groups is 1. The molecule has 0 aliphatic carbocycles. The van der Waals surface area contributed by atoms with E-state index in [2.05, 4.69) is 22.0 Å². The Bertz CT molecular complexity index is 1180. The van der Waals surface area contributed by atoms with Crippen LogP contribution in [-0.4, -0.2) is 60.6 Å². The Morgan fingerprint density at radius 1 is 1.16 bits per heavy atom. The molecule has 1 saturated heterocycles. The molecule has 3 atom stereocenters. The SMILES string of the molecule is COc1ccc(SCCCN2CC[C@@H](CCC(F)c3ccnc4ccc(OC)cc34)[C@@H](C(=O)O)C2)cc1. The topological polar surface area (TPSA) is 71.9 Å². The fraction of sp³-hybridized carbons (Fsp3) is 0.448. The van der Waals surface area contributed by atoms with Gasteiger partial charge in [0, 0.05) is 23.0 Å². The molecule has 0 radical (unpaired) electrons. The second-order valence-corrected chi connectivity index (χ2v) is 10.7. The Kier molecular flexibility index (Phi) is 9.63. The van der Waals surface area contributed by atoms with Crippen LogP contribution in [-0.2, 0) is 4.79 Å². The predicted octanol–water partition coefficient (Wildman–Crippen LogP) is 6.25. The van der Waals surface area contributed by atoms with Gasteiger partial charge in [-0.15, -0.1) is 11.8 Å². The molecule has 3 aromatic rings. The van der Waals surface area contributed by atoms with Crippen molar-refractivity contribution in [3.63, 3.8) is 0 Å². The number of alkyl halides is 1. The number of aliphatic carboxylic acids is 1. The van der Waals surface area contributed by atoms with Crippen molar-refractivity contribution in [2.24, 2.45) is 11.8 Å². The van der Waals surface area contributed by atoms with Gasteiger partial charge in [-0.05, 0) is 105 Å². The normalized spacial score (nSPS) is 19.0. The molecular formula is C29H35FN2O4S.